The van der Waals surface area contributed by atoms with Crippen LogP contribution in [0, 0.1) is 0 Å². The van der Waals surface area contributed by atoms with Crippen LogP contribution >= 0.6 is 31.9 Å². The second-order valence-electron chi connectivity index (χ2n) is 2.06. The van der Waals surface area contributed by atoms with E-state index in [0.717, 1.165) is 0 Å². The third kappa shape index (κ3) is 1.61. The van der Waals surface area contributed by atoms with E-state index in [-0.39, 0.29) is 15.8 Å². The summed E-state index contributed by atoms with van der Waals surface area (Å²) in [5.41, 5.74) is 0.0231. The van der Waals surface area contributed by atoms with Crippen molar-refractivity contribution < 1.29 is 15.0 Å². The molecule has 0 aliphatic carbocycles. The van der Waals surface area contributed by atoms with E-state index >= 15 is 0 Å². The number of phenols is 1. The van der Waals surface area contributed by atoms with Gasteiger partial charge in [0.1, 0.15) is 5.75 Å². The molecule has 1 rings (SSSR count). The number of carbonyl (C=O) groups is 1. The fraction of sp³-hybridized carbons (Fsp3) is 0. The standard InChI is InChI=1S/C7H4Br2O3/c8-3-1-2-4(10)6(9)5(3)7(11)12/h1-2,10H,(H,11,12). The van der Waals surface area contributed by atoms with E-state index in [9.17, 15) is 4.79 Å². The van der Waals surface area contributed by atoms with Crippen molar-refractivity contribution in [3.05, 3.63) is 26.6 Å². The van der Waals surface area contributed by atoms with Crippen molar-refractivity contribution in [1.82, 2.24) is 0 Å². The number of hydrogen-bond donors (Lipinski definition) is 2. The predicted octanol–water partition coefficient (Wildman–Crippen LogP) is 2.62. The lowest BCUT2D eigenvalue weighted by Crippen LogP contribution is -1.98. The van der Waals surface area contributed by atoms with Crippen LogP contribution in [0.4, 0.5) is 0 Å². The number of aromatic hydroxyl groups is 1. The molecule has 0 aliphatic rings. The van der Waals surface area contributed by atoms with Gasteiger partial charge in [-0.25, -0.2) is 4.79 Å². The number of phenolic OH excluding ortho intramolecular Hbond substituents is 1. The Morgan fingerprint density at radius 2 is 1.92 bits per heavy atom. The molecule has 0 saturated carbocycles. The van der Waals surface area contributed by atoms with Crippen molar-refractivity contribution >= 4 is 37.8 Å². The maximum atomic E-state index is 10.6. The predicted molar refractivity (Wildman–Crippen MR) is 50.5 cm³/mol. The van der Waals surface area contributed by atoms with Gasteiger partial charge in [0.2, 0.25) is 0 Å². The first-order valence-electron chi connectivity index (χ1n) is 2.94. The van der Waals surface area contributed by atoms with Crippen LogP contribution in [-0.2, 0) is 0 Å². The highest BCUT2D eigenvalue weighted by molar-refractivity contribution is 9.11. The lowest BCUT2D eigenvalue weighted by Gasteiger charge is -2.03. The van der Waals surface area contributed by atoms with Gasteiger partial charge in [-0.2, -0.15) is 0 Å². The normalized spacial score (nSPS) is 9.83. The van der Waals surface area contributed by atoms with Gasteiger partial charge >= 0.3 is 5.97 Å². The molecule has 2 N–H and O–H groups in total. The molecular formula is C7H4Br2O3. The first kappa shape index (κ1) is 9.54. The zero-order valence-corrected chi connectivity index (χ0v) is 8.89. The molecule has 0 saturated heterocycles. The van der Waals surface area contributed by atoms with E-state index in [2.05, 4.69) is 31.9 Å². The van der Waals surface area contributed by atoms with Crippen molar-refractivity contribution in [2.45, 2.75) is 0 Å². The molecule has 12 heavy (non-hydrogen) atoms. The zero-order chi connectivity index (χ0) is 9.30. The Kier molecular flexibility index (Phi) is 2.74. The summed E-state index contributed by atoms with van der Waals surface area (Å²) in [6.07, 6.45) is 0. The highest BCUT2D eigenvalue weighted by atomic mass is 79.9. The number of hydrogen-bond acceptors (Lipinski definition) is 2. The van der Waals surface area contributed by atoms with E-state index in [4.69, 9.17) is 10.2 Å². The number of carboxylic acids is 1. The third-order valence-electron chi connectivity index (χ3n) is 1.28. The molecule has 0 spiro atoms. The minimum atomic E-state index is -1.09. The van der Waals surface area contributed by atoms with Crippen LogP contribution in [0.1, 0.15) is 10.4 Å². The SMILES string of the molecule is O=C(O)c1c(Br)ccc(O)c1Br. The van der Waals surface area contributed by atoms with Gasteiger partial charge < -0.3 is 10.2 Å². The number of halogens is 2. The summed E-state index contributed by atoms with van der Waals surface area (Å²) in [7, 11) is 0. The molecule has 0 radical (unpaired) electrons. The second kappa shape index (κ2) is 3.45. The maximum Gasteiger partial charge on any atom is 0.338 e. The summed E-state index contributed by atoms with van der Waals surface area (Å²) in [6.45, 7) is 0. The monoisotopic (exact) mass is 294 g/mol. The van der Waals surface area contributed by atoms with Gasteiger partial charge in [-0.3, -0.25) is 0 Å². The molecule has 0 heterocycles. The Balaban J connectivity index is 3.43. The number of aromatic carboxylic acids is 1. The van der Waals surface area contributed by atoms with E-state index in [1.54, 1.807) is 0 Å². The molecule has 64 valence electrons. The molecule has 1 aromatic carbocycles. The Labute approximate surface area is 85.3 Å². The summed E-state index contributed by atoms with van der Waals surface area (Å²) in [4.78, 5) is 10.6. The fourth-order valence-corrected chi connectivity index (χ4v) is 2.02. The largest absolute Gasteiger partial charge is 0.507 e. The molecular weight excluding hydrogens is 292 g/mol. The Bertz CT molecular complexity index is 336. The Hall–Kier alpha value is -0.550. The van der Waals surface area contributed by atoms with Gasteiger partial charge in [0, 0.05) is 4.47 Å². The quantitative estimate of drug-likeness (QED) is 0.837. The van der Waals surface area contributed by atoms with Crippen molar-refractivity contribution in [1.29, 1.82) is 0 Å². The van der Waals surface area contributed by atoms with Crippen LogP contribution in [0.15, 0.2) is 21.1 Å². The van der Waals surface area contributed by atoms with Crippen LogP contribution < -0.4 is 0 Å². The molecule has 0 aromatic heterocycles. The van der Waals surface area contributed by atoms with Crippen LogP contribution in [0.2, 0.25) is 0 Å². The molecule has 5 heteroatoms. The van der Waals surface area contributed by atoms with Crippen molar-refractivity contribution in [2.24, 2.45) is 0 Å². The van der Waals surface area contributed by atoms with Crippen molar-refractivity contribution in [3.8, 4) is 5.75 Å². The third-order valence-corrected chi connectivity index (χ3v) is 2.75. The number of rotatable bonds is 1. The minimum absolute atomic E-state index is 0.0231. The highest BCUT2D eigenvalue weighted by Gasteiger charge is 2.15. The summed E-state index contributed by atoms with van der Waals surface area (Å²) in [5, 5.41) is 17.8. The summed E-state index contributed by atoms with van der Waals surface area (Å²) < 4.78 is 0.615. The van der Waals surface area contributed by atoms with Crippen LogP contribution in [-0.4, -0.2) is 16.2 Å². The average molecular weight is 296 g/mol. The zero-order valence-electron chi connectivity index (χ0n) is 5.71. The average Bonchev–Trinajstić information content (AvgIpc) is 1.97. The molecule has 3 nitrogen and oxygen atoms in total. The van der Waals surface area contributed by atoms with Crippen molar-refractivity contribution in [3.63, 3.8) is 0 Å². The Morgan fingerprint density at radius 3 is 2.33 bits per heavy atom. The first-order valence-corrected chi connectivity index (χ1v) is 4.53. The molecule has 0 unspecified atom stereocenters. The minimum Gasteiger partial charge on any atom is -0.507 e. The lowest BCUT2D eigenvalue weighted by molar-refractivity contribution is 0.0694. The van der Waals surface area contributed by atoms with Gasteiger partial charge in [0.05, 0.1) is 10.0 Å². The molecule has 0 aliphatic heterocycles. The summed E-state index contributed by atoms with van der Waals surface area (Å²) in [5.74, 6) is -1.18. The summed E-state index contributed by atoms with van der Waals surface area (Å²) >= 11 is 6.03. The van der Waals surface area contributed by atoms with Crippen LogP contribution in [0.5, 0.6) is 5.75 Å². The van der Waals surface area contributed by atoms with Gasteiger partial charge in [-0.05, 0) is 44.0 Å². The molecule has 0 bridgehead atoms. The number of benzene rings is 1. The maximum absolute atomic E-state index is 10.6. The van der Waals surface area contributed by atoms with Gasteiger partial charge in [0.15, 0.2) is 0 Å². The van der Waals surface area contributed by atoms with Crippen LogP contribution in [0.3, 0.4) is 0 Å². The van der Waals surface area contributed by atoms with Crippen molar-refractivity contribution in [2.75, 3.05) is 0 Å². The topological polar surface area (TPSA) is 57.5 Å². The molecule has 1 aromatic rings. The molecule has 0 fully saturated rings. The van der Waals surface area contributed by atoms with E-state index in [0.29, 0.717) is 4.47 Å². The van der Waals surface area contributed by atoms with E-state index in [1.165, 1.54) is 12.1 Å². The highest BCUT2D eigenvalue weighted by Crippen LogP contribution is 2.32. The van der Waals surface area contributed by atoms with Gasteiger partial charge in [-0.1, -0.05) is 0 Å². The summed E-state index contributed by atoms with van der Waals surface area (Å²) in [6, 6.07) is 2.88. The van der Waals surface area contributed by atoms with Crippen LogP contribution in [0.25, 0.3) is 0 Å². The fourth-order valence-electron chi connectivity index (χ4n) is 0.738. The Morgan fingerprint density at radius 1 is 1.33 bits per heavy atom. The van der Waals surface area contributed by atoms with Gasteiger partial charge in [-0.15, -0.1) is 0 Å². The van der Waals surface area contributed by atoms with Gasteiger partial charge in [0.25, 0.3) is 0 Å². The second-order valence-corrected chi connectivity index (χ2v) is 3.71. The molecule has 0 amide bonds. The lowest BCUT2D eigenvalue weighted by atomic mass is 10.2. The molecule has 0 atom stereocenters. The smallest absolute Gasteiger partial charge is 0.338 e. The first-order chi connectivity index (χ1) is 5.54. The number of carboxylic acid groups (broad SMARTS) is 1. The van der Waals surface area contributed by atoms with E-state index < -0.39 is 5.97 Å². The van der Waals surface area contributed by atoms with E-state index in [1.807, 2.05) is 0 Å².